The lowest BCUT2D eigenvalue weighted by molar-refractivity contribution is 0.219. The third-order valence-electron chi connectivity index (χ3n) is 4.95. The molecule has 0 radical (unpaired) electrons. The van der Waals surface area contributed by atoms with Gasteiger partial charge in [0, 0.05) is 44.0 Å². The van der Waals surface area contributed by atoms with Crippen LogP contribution in [0.4, 0.5) is 0 Å². The van der Waals surface area contributed by atoms with Gasteiger partial charge < -0.3 is 4.74 Å². The van der Waals surface area contributed by atoms with Crippen molar-refractivity contribution in [1.29, 1.82) is 0 Å². The standard InChI is InChI=1S/C20H25N3O/c1-22-13-16(12-21-22)14-23-9-10-24-20-8-7-18(11-19(20)15-23)17-5-3-2-4-6-17/h5,7-8,11-13H,2-4,6,9-10,14-15H2,1H3. The average molecular weight is 323 g/mol. The molecule has 0 unspecified atom stereocenters. The van der Waals surface area contributed by atoms with Crippen LogP contribution in [-0.2, 0) is 20.1 Å². The van der Waals surface area contributed by atoms with Gasteiger partial charge in [0.15, 0.2) is 0 Å². The highest BCUT2D eigenvalue weighted by atomic mass is 16.5. The molecule has 2 heterocycles. The van der Waals surface area contributed by atoms with Gasteiger partial charge in [0.1, 0.15) is 12.4 Å². The maximum absolute atomic E-state index is 5.98. The minimum Gasteiger partial charge on any atom is -0.492 e. The Hall–Kier alpha value is -2.07. The second kappa shape index (κ2) is 6.81. The summed E-state index contributed by atoms with van der Waals surface area (Å²) in [5.41, 5.74) is 5.44. The van der Waals surface area contributed by atoms with Crippen molar-refractivity contribution in [2.24, 2.45) is 7.05 Å². The second-order valence-electron chi connectivity index (χ2n) is 6.88. The number of fused-ring (bicyclic) bond motifs is 1. The van der Waals surface area contributed by atoms with Crippen LogP contribution in [0.3, 0.4) is 0 Å². The molecule has 1 aromatic heterocycles. The van der Waals surface area contributed by atoms with Gasteiger partial charge in [-0.2, -0.15) is 5.10 Å². The minimum atomic E-state index is 0.745. The number of aromatic nitrogens is 2. The average Bonchev–Trinajstić information content (AvgIpc) is 2.90. The predicted molar refractivity (Wildman–Crippen MR) is 95.7 cm³/mol. The Bertz CT molecular complexity index is 747. The Balaban J connectivity index is 1.55. The first-order valence-corrected chi connectivity index (χ1v) is 8.93. The van der Waals surface area contributed by atoms with Crippen LogP contribution < -0.4 is 4.74 Å². The zero-order valence-electron chi connectivity index (χ0n) is 14.4. The topological polar surface area (TPSA) is 30.3 Å². The molecule has 0 amide bonds. The first-order valence-electron chi connectivity index (χ1n) is 8.93. The van der Waals surface area contributed by atoms with Crippen LogP contribution in [0.25, 0.3) is 5.57 Å². The van der Waals surface area contributed by atoms with Crippen LogP contribution in [0, 0.1) is 0 Å². The Morgan fingerprint density at radius 1 is 1.25 bits per heavy atom. The van der Waals surface area contributed by atoms with Crippen molar-refractivity contribution in [3.8, 4) is 5.75 Å². The van der Waals surface area contributed by atoms with E-state index >= 15 is 0 Å². The van der Waals surface area contributed by atoms with Crippen molar-refractivity contribution in [2.45, 2.75) is 38.8 Å². The SMILES string of the molecule is Cn1cc(CN2CCOc3ccc(C4=CCCCC4)cc3C2)cn1. The van der Waals surface area contributed by atoms with Gasteiger partial charge in [0.25, 0.3) is 0 Å². The molecule has 2 aromatic rings. The zero-order valence-corrected chi connectivity index (χ0v) is 14.4. The van der Waals surface area contributed by atoms with Gasteiger partial charge in [-0.15, -0.1) is 0 Å². The van der Waals surface area contributed by atoms with E-state index in [1.54, 1.807) is 0 Å². The highest BCUT2D eigenvalue weighted by Crippen LogP contribution is 2.31. The van der Waals surface area contributed by atoms with Crippen molar-refractivity contribution in [2.75, 3.05) is 13.2 Å². The lowest BCUT2D eigenvalue weighted by atomic mass is 9.92. The van der Waals surface area contributed by atoms with Crippen LogP contribution >= 0.6 is 0 Å². The normalized spacial score (nSPS) is 18.5. The molecule has 126 valence electrons. The van der Waals surface area contributed by atoms with Crippen LogP contribution in [0.1, 0.15) is 42.4 Å². The van der Waals surface area contributed by atoms with E-state index in [0.29, 0.717) is 0 Å². The van der Waals surface area contributed by atoms with Crippen molar-refractivity contribution in [3.63, 3.8) is 0 Å². The number of benzene rings is 1. The van der Waals surface area contributed by atoms with Gasteiger partial charge in [0.2, 0.25) is 0 Å². The number of hydrogen-bond acceptors (Lipinski definition) is 3. The third kappa shape index (κ3) is 3.39. The van der Waals surface area contributed by atoms with E-state index in [2.05, 4.69) is 40.5 Å². The van der Waals surface area contributed by atoms with E-state index in [1.807, 2.05) is 17.9 Å². The molecule has 0 saturated carbocycles. The predicted octanol–water partition coefficient (Wildman–Crippen LogP) is 3.77. The summed E-state index contributed by atoms with van der Waals surface area (Å²) in [6, 6.07) is 6.73. The first-order chi connectivity index (χ1) is 11.8. The highest BCUT2D eigenvalue weighted by molar-refractivity contribution is 5.67. The monoisotopic (exact) mass is 323 g/mol. The number of ether oxygens (including phenoxy) is 1. The summed E-state index contributed by atoms with van der Waals surface area (Å²) in [5, 5.41) is 4.28. The van der Waals surface area contributed by atoms with Gasteiger partial charge in [-0.1, -0.05) is 12.1 Å². The maximum Gasteiger partial charge on any atom is 0.123 e. The molecule has 1 aliphatic heterocycles. The molecule has 4 nitrogen and oxygen atoms in total. The first kappa shape index (κ1) is 15.5. The molecule has 0 spiro atoms. The van der Waals surface area contributed by atoms with Gasteiger partial charge in [-0.3, -0.25) is 9.58 Å². The highest BCUT2D eigenvalue weighted by Gasteiger charge is 2.17. The van der Waals surface area contributed by atoms with Gasteiger partial charge in [-0.05, 0) is 49.0 Å². The summed E-state index contributed by atoms with van der Waals surface area (Å²) >= 11 is 0. The van der Waals surface area contributed by atoms with Gasteiger partial charge >= 0.3 is 0 Å². The van der Waals surface area contributed by atoms with E-state index < -0.39 is 0 Å². The fraction of sp³-hybridized carbons (Fsp3) is 0.450. The lowest BCUT2D eigenvalue weighted by Crippen LogP contribution is -2.25. The molecule has 0 bridgehead atoms. The number of allylic oxidation sites excluding steroid dienone is 2. The van der Waals surface area contributed by atoms with Crippen LogP contribution in [0.2, 0.25) is 0 Å². The Morgan fingerprint density at radius 3 is 3.00 bits per heavy atom. The van der Waals surface area contributed by atoms with Crippen LogP contribution in [0.15, 0.2) is 36.7 Å². The summed E-state index contributed by atoms with van der Waals surface area (Å²) in [7, 11) is 1.97. The largest absolute Gasteiger partial charge is 0.492 e. The van der Waals surface area contributed by atoms with Crippen molar-refractivity contribution >= 4 is 5.57 Å². The van der Waals surface area contributed by atoms with E-state index in [0.717, 1.165) is 32.0 Å². The lowest BCUT2D eigenvalue weighted by Gasteiger charge is -2.19. The van der Waals surface area contributed by atoms with E-state index in [1.165, 1.54) is 47.9 Å². The summed E-state index contributed by atoms with van der Waals surface area (Å²) in [5.74, 6) is 1.05. The Labute approximate surface area is 143 Å². The number of nitrogens with zero attached hydrogens (tertiary/aromatic N) is 3. The third-order valence-corrected chi connectivity index (χ3v) is 4.95. The molecule has 0 saturated heterocycles. The molecular formula is C20H25N3O. The summed E-state index contributed by atoms with van der Waals surface area (Å²) in [6.07, 6.45) is 11.5. The molecule has 1 aliphatic carbocycles. The molecular weight excluding hydrogens is 298 g/mol. The number of aryl methyl sites for hydroxylation is 1. The molecule has 1 aromatic carbocycles. The molecule has 4 rings (SSSR count). The van der Waals surface area contributed by atoms with Crippen molar-refractivity contribution in [3.05, 3.63) is 53.4 Å². The molecule has 24 heavy (non-hydrogen) atoms. The van der Waals surface area contributed by atoms with Crippen LogP contribution in [0.5, 0.6) is 5.75 Å². The van der Waals surface area contributed by atoms with Crippen molar-refractivity contribution in [1.82, 2.24) is 14.7 Å². The molecule has 0 atom stereocenters. The molecule has 0 fully saturated rings. The fourth-order valence-electron chi connectivity index (χ4n) is 3.70. The van der Waals surface area contributed by atoms with Crippen LogP contribution in [-0.4, -0.2) is 27.8 Å². The second-order valence-corrected chi connectivity index (χ2v) is 6.88. The molecule has 4 heteroatoms. The number of rotatable bonds is 3. The Morgan fingerprint density at radius 2 is 2.21 bits per heavy atom. The Kier molecular flexibility index (Phi) is 4.39. The quantitative estimate of drug-likeness (QED) is 0.861. The fourth-order valence-corrected chi connectivity index (χ4v) is 3.70. The molecule has 2 aliphatic rings. The van der Waals surface area contributed by atoms with Gasteiger partial charge in [-0.25, -0.2) is 0 Å². The smallest absolute Gasteiger partial charge is 0.123 e. The minimum absolute atomic E-state index is 0.745. The van der Waals surface area contributed by atoms with E-state index in [-0.39, 0.29) is 0 Å². The van der Waals surface area contributed by atoms with Gasteiger partial charge in [0.05, 0.1) is 6.20 Å². The number of hydrogen-bond donors (Lipinski definition) is 0. The summed E-state index contributed by atoms with van der Waals surface area (Å²) in [4.78, 5) is 2.45. The molecule has 0 N–H and O–H groups in total. The summed E-state index contributed by atoms with van der Waals surface area (Å²) in [6.45, 7) is 3.55. The summed E-state index contributed by atoms with van der Waals surface area (Å²) < 4.78 is 7.85. The zero-order chi connectivity index (χ0) is 16.4. The van der Waals surface area contributed by atoms with E-state index in [4.69, 9.17) is 4.74 Å². The maximum atomic E-state index is 5.98. The van der Waals surface area contributed by atoms with E-state index in [9.17, 15) is 0 Å². The van der Waals surface area contributed by atoms with Crippen molar-refractivity contribution < 1.29 is 4.74 Å².